The molecule has 3 nitrogen and oxygen atoms in total. The molecule has 3 heteroatoms. The third-order valence-corrected chi connectivity index (χ3v) is 3.16. The van der Waals surface area contributed by atoms with Crippen LogP contribution in [0.2, 0.25) is 0 Å². The van der Waals surface area contributed by atoms with Gasteiger partial charge in [0.2, 0.25) is 5.91 Å². The van der Waals surface area contributed by atoms with Crippen LogP contribution in [0.4, 0.5) is 0 Å². The fraction of sp³-hybridized carbons (Fsp3) is 0.235. The number of aryl methyl sites for hydroxylation is 1. The average molecular weight is 269 g/mol. The van der Waals surface area contributed by atoms with E-state index in [-0.39, 0.29) is 0 Å². The lowest BCUT2D eigenvalue weighted by Crippen LogP contribution is -2.13. The van der Waals surface area contributed by atoms with Crippen LogP contribution in [0.25, 0.3) is 11.1 Å². The van der Waals surface area contributed by atoms with Crippen molar-refractivity contribution in [3.63, 3.8) is 0 Å². The largest absolute Gasteiger partial charge is 0.493 e. The summed E-state index contributed by atoms with van der Waals surface area (Å²) < 4.78 is 5.78. The highest BCUT2D eigenvalue weighted by atomic mass is 16.5. The van der Waals surface area contributed by atoms with Crippen LogP contribution in [0.1, 0.15) is 29.3 Å². The summed E-state index contributed by atoms with van der Waals surface area (Å²) >= 11 is 0. The number of amides is 1. The van der Waals surface area contributed by atoms with Crippen LogP contribution >= 0.6 is 0 Å². The Bertz CT molecular complexity index is 620. The molecule has 0 saturated carbocycles. The number of carbonyl (C=O) groups is 1. The van der Waals surface area contributed by atoms with E-state index in [4.69, 9.17) is 10.5 Å². The zero-order valence-corrected chi connectivity index (χ0v) is 11.8. The van der Waals surface area contributed by atoms with E-state index in [0.717, 1.165) is 28.9 Å². The Labute approximate surface area is 119 Å². The first-order valence-corrected chi connectivity index (χ1v) is 6.76. The molecule has 2 rings (SSSR count). The predicted octanol–water partition coefficient (Wildman–Crippen LogP) is 3.55. The van der Waals surface area contributed by atoms with E-state index in [0.29, 0.717) is 12.2 Å². The number of benzene rings is 2. The SMILES string of the molecule is CCCOc1ccccc1-c1c(C)cccc1C(N)=O. The fourth-order valence-corrected chi connectivity index (χ4v) is 2.24. The Kier molecular flexibility index (Phi) is 4.41. The van der Waals surface area contributed by atoms with Crippen LogP contribution < -0.4 is 10.5 Å². The zero-order valence-electron chi connectivity index (χ0n) is 11.8. The summed E-state index contributed by atoms with van der Waals surface area (Å²) in [6.45, 7) is 4.68. The van der Waals surface area contributed by atoms with Gasteiger partial charge in [0.25, 0.3) is 0 Å². The van der Waals surface area contributed by atoms with E-state index in [2.05, 4.69) is 6.92 Å². The topological polar surface area (TPSA) is 52.3 Å². The molecule has 0 radical (unpaired) electrons. The minimum atomic E-state index is -0.422. The standard InChI is InChI=1S/C17H19NO2/c1-3-11-20-15-10-5-4-8-13(15)16-12(2)7-6-9-14(16)17(18)19/h4-10H,3,11H2,1-2H3,(H2,18,19). The van der Waals surface area contributed by atoms with E-state index in [1.54, 1.807) is 6.07 Å². The van der Waals surface area contributed by atoms with Gasteiger partial charge in [-0.3, -0.25) is 4.79 Å². The van der Waals surface area contributed by atoms with Crippen molar-refractivity contribution in [2.24, 2.45) is 5.73 Å². The van der Waals surface area contributed by atoms with Gasteiger partial charge in [0.05, 0.1) is 6.61 Å². The summed E-state index contributed by atoms with van der Waals surface area (Å²) in [5.74, 6) is 0.361. The van der Waals surface area contributed by atoms with Gasteiger partial charge < -0.3 is 10.5 Å². The van der Waals surface area contributed by atoms with Gasteiger partial charge in [-0.2, -0.15) is 0 Å². The van der Waals surface area contributed by atoms with Gasteiger partial charge in [0.1, 0.15) is 5.75 Å². The molecular weight excluding hydrogens is 250 g/mol. The van der Waals surface area contributed by atoms with E-state index < -0.39 is 5.91 Å². The molecule has 0 spiro atoms. The Morgan fingerprint density at radius 3 is 2.60 bits per heavy atom. The molecule has 0 atom stereocenters. The molecule has 0 aliphatic carbocycles. The van der Waals surface area contributed by atoms with Crippen molar-refractivity contribution in [3.8, 4) is 16.9 Å². The van der Waals surface area contributed by atoms with Gasteiger partial charge in [-0.25, -0.2) is 0 Å². The number of carbonyl (C=O) groups excluding carboxylic acids is 1. The van der Waals surface area contributed by atoms with Crippen LogP contribution in [0.5, 0.6) is 5.75 Å². The maximum Gasteiger partial charge on any atom is 0.249 e. The van der Waals surface area contributed by atoms with Gasteiger partial charge in [-0.05, 0) is 31.0 Å². The minimum absolute atomic E-state index is 0.422. The molecule has 0 aromatic heterocycles. The lowest BCUT2D eigenvalue weighted by atomic mass is 9.94. The minimum Gasteiger partial charge on any atom is -0.493 e. The smallest absolute Gasteiger partial charge is 0.249 e. The highest BCUT2D eigenvalue weighted by molar-refractivity contribution is 6.01. The number of hydrogen-bond donors (Lipinski definition) is 1. The molecule has 2 N–H and O–H groups in total. The summed E-state index contributed by atoms with van der Waals surface area (Å²) in [6, 6.07) is 13.3. The van der Waals surface area contributed by atoms with Crippen LogP contribution in [-0.4, -0.2) is 12.5 Å². The second-order valence-corrected chi connectivity index (χ2v) is 4.71. The van der Waals surface area contributed by atoms with Crippen LogP contribution in [-0.2, 0) is 0 Å². The highest BCUT2D eigenvalue weighted by Gasteiger charge is 2.15. The Morgan fingerprint density at radius 1 is 1.15 bits per heavy atom. The van der Waals surface area contributed by atoms with E-state index in [9.17, 15) is 4.79 Å². The zero-order chi connectivity index (χ0) is 14.5. The van der Waals surface area contributed by atoms with Crippen molar-refractivity contribution in [2.45, 2.75) is 20.3 Å². The van der Waals surface area contributed by atoms with Crippen LogP contribution in [0, 0.1) is 6.92 Å². The van der Waals surface area contributed by atoms with Crippen LogP contribution in [0.15, 0.2) is 42.5 Å². The molecule has 0 aliphatic rings. The second-order valence-electron chi connectivity index (χ2n) is 4.71. The van der Waals surface area contributed by atoms with Crippen molar-refractivity contribution < 1.29 is 9.53 Å². The highest BCUT2D eigenvalue weighted by Crippen LogP contribution is 2.34. The molecule has 104 valence electrons. The van der Waals surface area contributed by atoms with Gasteiger partial charge in [0.15, 0.2) is 0 Å². The van der Waals surface area contributed by atoms with Crippen LogP contribution in [0.3, 0.4) is 0 Å². The summed E-state index contributed by atoms with van der Waals surface area (Å²) in [6.07, 6.45) is 0.935. The first kappa shape index (κ1) is 14.1. The number of nitrogens with two attached hydrogens (primary N) is 1. The lowest BCUT2D eigenvalue weighted by molar-refractivity contribution is 0.100. The monoisotopic (exact) mass is 269 g/mol. The average Bonchev–Trinajstić information content (AvgIpc) is 2.45. The van der Waals surface area contributed by atoms with Gasteiger partial charge >= 0.3 is 0 Å². The molecule has 0 unspecified atom stereocenters. The summed E-state index contributed by atoms with van der Waals surface area (Å²) in [4.78, 5) is 11.7. The van der Waals surface area contributed by atoms with Crippen molar-refractivity contribution in [3.05, 3.63) is 53.6 Å². The third-order valence-electron chi connectivity index (χ3n) is 3.16. The summed E-state index contributed by atoms with van der Waals surface area (Å²) in [5.41, 5.74) is 8.79. The van der Waals surface area contributed by atoms with E-state index in [1.807, 2.05) is 43.3 Å². The first-order chi connectivity index (χ1) is 9.65. The molecule has 0 saturated heterocycles. The molecule has 2 aromatic carbocycles. The maximum absolute atomic E-state index is 11.7. The van der Waals surface area contributed by atoms with Gasteiger partial charge in [-0.15, -0.1) is 0 Å². The summed E-state index contributed by atoms with van der Waals surface area (Å²) in [5, 5.41) is 0. The normalized spacial score (nSPS) is 10.3. The fourth-order valence-electron chi connectivity index (χ4n) is 2.24. The molecular formula is C17H19NO2. The number of rotatable bonds is 5. The molecule has 0 heterocycles. The Balaban J connectivity index is 2.59. The Morgan fingerprint density at radius 2 is 1.90 bits per heavy atom. The molecule has 0 bridgehead atoms. The van der Waals surface area contributed by atoms with Crippen molar-refractivity contribution in [1.29, 1.82) is 0 Å². The van der Waals surface area contributed by atoms with E-state index >= 15 is 0 Å². The lowest BCUT2D eigenvalue weighted by Gasteiger charge is -2.15. The second kappa shape index (κ2) is 6.24. The third kappa shape index (κ3) is 2.82. The van der Waals surface area contributed by atoms with Gasteiger partial charge in [0, 0.05) is 16.7 Å². The van der Waals surface area contributed by atoms with Crippen molar-refractivity contribution >= 4 is 5.91 Å². The van der Waals surface area contributed by atoms with Crippen molar-refractivity contribution in [2.75, 3.05) is 6.61 Å². The molecule has 2 aromatic rings. The quantitative estimate of drug-likeness (QED) is 0.902. The Hall–Kier alpha value is -2.29. The molecule has 20 heavy (non-hydrogen) atoms. The predicted molar refractivity (Wildman–Crippen MR) is 80.9 cm³/mol. The van der Waals surface area contributed by atoms with Gasteiger partial charge in [-0.1, -0.05) is 37.3 Å². The molecule has 0 aliphatic heterocycles. The van der Waals surface area contributed by atoms with Crippen molar-refractivity contribution in [1.82, 2.24) is 0 Å². The summed E-state index contributed by atoms with van der Waals surface area (Å²) in [7, 11) is 0. The number of ether oxygens (including phenoxy) is 1. The number of para-hydroxylation sites is 1. The number of hydrogen-bond acceptors (Lipinski definition) is 2. The molecule has 0 fully saturated rings. The maximum atomic E-state index is 11.7. The first-order valence-electron chi connectivity index (χ1n) is 6.76. The molecule has 1 amide bonds. The van der Waals surface area contributed by atoms with E-state index in [1.165, 1.54) is 0 Å². The number of primary amides is 1.